The Morgan fingerprint density at radius 3 is 2.80 bits per heavy atom. The molecule has 2 fully saturated rings. The van der Waals surface area contributed by atoms with Gasteiger partial charge in [-0.15, -0.1) is 0 Å². The van der Waals surface area contributed by atoms with E-state index in [0.29, 0.717) is 18.8 Å². The lowest BCUT2D eigenvalue weighted by molar-refractivity contribution is -0.159. The van der Waals surface area contributed by atoms with Crippen molar-refractivity contribution < 1.29 is 14.3 Å². The Morgan fingerprint density at radius 1 is 1.53 bits per heavy atom. The minimum absolute atomic E-state index is 0.0257. The fraction of sp³-hybridized carbons (Fsp3) is 0.818. The van der Waals surface area contributed by atoms with Crippen LogP contribution in [-0.4, -0.2) is 24.5 Å². The minimum atomic E-state index is -0.790. The van der Waals surface area contributed by atoms with Crippen molar-refractivity contribution in [2.75, 3.05) is 7.11 Å². The molecule has 0 aromatic rings. The van der Waals surface area contributed by atoms with Gasteiger partial charge in [0.1, 0.15) is 5.54 Å². The highest BCUT2D eigenvalue weighted by molar-refractivity contribution is 5.91. The molecule has 1 N–H and O–H groups in total. The Labute approximate surface area is 89.4 Å². The third kappa shape index (κ3) is 1.13. The molecule has 2 bridgehead atoms. The van der Waals surface area contributed by atoms with Crippen molar-refractivity contribution >= 4 is 11.9 Å². The lowest BCUT2D eigenvalue weighted by atomic mass is 9.67. The standard InChI is InChI=1S/C11H17NO3/c1-10(2)7-4-5-11(10,9(14)15-3)12-8(13)6-7/h7H,4-6H2,1-3H3,(H,12,13)/t7-,11+/m0/s1. The molecule has 1 aliphatic heterocycles. The van der Waals surface area contributed by atoms with E-state index >= 15 is 0 Å². The summed E-state index contributed by atoms with van der Waals surface area (Å²) in [5.74, 6) is -0.0318. The number of nitrogens with one attached hydrogen (secondary N) is 1. The summed E-state index contributed by atoms with van der Waals surface area (Å²) >= 11 is 0. The van der Waals surface area contributed by atoms with Gasteiger partial charge in [-0.25, -0.2) is 4.79 Å². The van der Waals surface area contributed by atoms with Crippen molar-refractivity contribution in [3.05, 3.63) is 0 Å². The Morgan fingerprint density at radius 2 is 2.20 bits per heavy atom. The fourth-order valence-electron chi connectivity index (χ4n) is 3.11. The smallest absolute Gasteiger partial charge is 0.332 e. The van der Waals surface area contributed by atoms with E-state index in [1.54, 1.807) is 0 Å². The second-order valence-corrected chi connectivity index (χ2v) is 5.11. The van der Waals surface area contributed by atoms with E-state index in [1.165, 1.54) is 7.11 Å². The molecule has 2 aliphatic rings. The van der Waals surface area contributed by atoms with Crippen LogP contribution >= 0.6 is 0 Å². The van der Waals surface area contributed by atoms with Gasteiger partial charge in [0, 0.05) is 11.8 Å². The van der Waals surface area contributed by atoms with Gasteiger partial charge in [-0.2, -0.15) is 0 Å². The van der Waals surface area contributed by atoms with Crippen LogP contribution in [0.2, 0.25) is 0 Å². The number of carbonyl (C=O) groups is 2. The summed E-state index contributed by atoms with van der Waals surface area (Å²) in [6.45, 7) is 4.09. The number of carbonyl (C=O) groups excluding carboxylic acids is 2. The number of amides is 1. The molecular formula is C11H17NO3. The van der Waals surface area contributed by atoms with Crippen LogP contribution in [0, 0.1) is 11.3 Å². The third-order valence-corrected chi connectivity index (χ3v) is 4.31. The molecule has 2 atom stereocenters. The number of hydrogen-bond acceptors (Lipinski definition) is 3. The quantitative estimate of drug-likeness (QED) is 0.654. The molecule has 0 unspecified atom stereocenters. The van der Waals surface area contributed by atoms with Crippen LogP contribution in [0.1, 0.15) is 33.1 Å². The second-order valence-electron chi connectivity index (χ2n) is 5.11. The van der Waals surface area contributed by atoms with E-state index in [0.717, 1.165) is 6.42 Å². The maximum absolute atomic E-state index is 11.9. The van der Waals surface area contributed by atoms with E-state index in [9.17, 15) is 9.59 Å². The lowest BCUT2D eigenvalue weighted by Crippen LogP contribution is -2.65. The van der Waals surface area contributed by atoms with Gasteiger partial charge in [0.25, 0.3) is 0 Å². The Balaban J connectivity index is 2.43. The molecule has 2 rings (SSSR count). The number of fused-ring (bicyclic) bond motifs is 2. The third-order valence-electron chi connectivity index (χ3n) is 4.31. The van der Waals surface area contributed by atoms with Crippen molar-refractivity contribution in [2.24, 2.45) is 11.3 Å². The predicted molar refractivity (Wildman–Crippen MR) is 54.0 cm³/mol. The van der Waals surface area contributed by atoms with E-state index in [-0.39, 0.29) is 17.3 Å². The molecule has 1 amide bonds. The summed E-state index contributed by atoms with van der Waals surface area (Å²) in [7, 11) is 1.38. The van der Waals surface area contributed by atoms with Crippen LogP contribution in [0.15, 0.2) is 0 Å². The molecule has 0 aromatic heterocycles. The largest absolute Gasteiger partial charge is 0.467 e. The van der Waals surface area contributed by atoms with Crippen molar-refractivity contribution in [1.82, 2.24) is 5.32 Å². The summed E-state index contributed by atoms with van der Waals surface area (Å²) in [5, 5.41) is 2.85. The number of rotatable bonds is 1. The van der Waals surface area contributed by atoms with Crippen LogP contribution in [0.3, 0.4) is 0 Å². The first-order valence-electron chi connectivity index (χ1n) is 5.33. The number of hydrogen-bond donors (Lipinski definition) is 1. The summed E-state index contributed by atoms with van der Waals surface area (Å²) < 4.78 is 4.84. The summed E-state index contributed by atoms with van der Waals surface area (Å²) in [5.41, 5.74) is -0.990. The molecule has 15 heavy (non-hydrogen) atoms. The number of esters is 1. The number of ether oxygens (including phenoxy) is 1. The van der Waals surface area contributed by atoms with Gasteiger partial charge in [0.05, 0.1) is 7.11 Å². The van der Waals surface area contributed by atoms with Gasteiger partial charge >= 0.3 is 5.97 Å². The molecule has 0 spiro atoms. The maximum Gasteiger partial charge on any atom is 0.332 e. The molecular weight excluding hydrogens is 194 g/mol. The zero-order valence-electron chi connectivity index (χ0n) is 9.42. The highest BCUT2D eigenvalue weighted by atomic mass is 16.5. The van der Waals surface area contributed by atoms with Gasteiger partial charge in [-0.1, -0.05) is 13.8 Å². The first kappa shape index (κ1) is 10.5. The Hall–Kier alpha value is -1.06. The van der Waals surface area contributed by atoms with E-state index in [2.05, 4.69) is 5.32 Å². The topological polar surface area (TPSA) is 55.4 Å². The molecule has 0 aromatic carbocycles. The molecule has 1 saturated heterocycles. The fourth-order valence-corrected chi connectivity index (χ4v) is 3.11. The number of piperidine rings is 1. The summed E-state index contributed by atoms with van der Waals surface area (Å²) in [6, 6.07) is 0. The summed E-state index contributed by atoms with van der Waals surface area (Å²) in [6.07, 6.45) is 2.15. The Bertz CT molecular complexity index is 324. The van der Waals surface area contributed by atoms with Crippen molar-refractivity contribution in [1.29, 1.82) is 0 Å². The number of methoxy groups -OCH3 is 1. The molecule has 84 valence electrons. The van der Waals surface area contributed by atoms with Crippen LogP contribution in [0.5, 0.6) is 0 Å². The lowest BCUT2D eigenvalue weighted by Gasteiger charge is -2.45. The normalized spacial score (nSPS) is 37.3. The minimum Gasteiger partial charge on any atom is -0.467 e. The van der Waals surface area contributed by atoms with Crippen LogP contribution in [-0.2, 0) is 14.3 Å². The average Bonchev–Trinajstić information content (AvgIpc) is 2.39. The monoisotopic (exact) mass is 211 g/mol. The van der Waals surface area contributed by atoms with E-state index in [4.69, 9.17) is 4.74 Å². The second kappa shape index (κ2) is 2.97. The summed E-state index contributed by atoms with van der Waals surface area (Å²) in [4.78, 5) is 23.4. The molecule has 4 heteroatoms. The van der Waals surface area contributed by atoms with Crippen LogP contribution in [0.25, 0.3) is 0 Å². The zero-order valence-corrected chi connectivity index (χ0v) is 9.42. The van der Waals surface area contributed by atoms with Crippen LogP contribution < -0.4 is 5.32 Å². The zero-order chi connectivity index (χ0) is 11.3. The first-order valence-corrected chi connectivity index (χ1v) is 5.33. The van der Waals surface area contributed by atoms with Gasteiger partial charge in [0.15, 0.2) is 0 Å². The predicted octanol–water partition coefficient (Wildman–Crippen LogP) is 0.854. The van der Waals surface area contributed by atoms with Gasteiger partial charge < -0.3 is 10.1 Å². The van der Waals surface area contributed by atoms with Crippen molar-refractivity contribution in [3.63, 3.8) is 0 Å². The van der Waals surface area contributed by atoms with E-state index < -0.39 is 5.54 Å². The molecule has 4 nitrogen and oxygen atoms in total. The Kier molecular flexibility index (Phi) is 2.07. The first-order chi connectivity index (χ1) is 6.94. The molecule has 0 radical (unpaired) electrons. The highest BCUT2D eigenvalue weighted by Crippen LogP contribution is 2.54. The molecule has 1 saturated carbocycles. The average molecular weight is 211 g/mol. The SMILES string of the molecule is COC(=O)[C@@]12CC[C@@H](CC(=O)N1)C2(C)C. The molecule has 1 aliphatic carbocycles. The maximum atomic E-state index is 11.9. The molecule has 1 heterocycles. The highest BCUT2D eigenvalue weighted by Gasteiger charge is 2.63. The van der Waals surface area contributed by atoms with Gasteiger partial charge in [-0.3, -0.25) is 4.79 Å². The van der Waals surface area contributed by atoms with Gasteiger partial charge in [0.2, 0.25) is 5.91 Å². The van der Waals surface area contributed by atoms with Crippen molar-refractivity contribution in [2.45, 2.75) is 38.6 Å². The van der Waals surface area contributed by atoms with E-state index in [1.807, 2.05) is 13.8 Å². The van der Waals surface area contributed by atoms with Gasteiger partial charge in [-0.05, 0) is 18.8 Å². The van der Waals surface area contributed by atoms with Crippen molar-refractivity contribution in [3.8, 4) is 0 Å². The van der Waals surface area contributed by atoms with Crippen LogP contribution in [0.4, 0.5) is 0 Å².